The Morgan fingerprint density at radius 3 is 2.62 bits per heavy atom. The van der Waals surface area contributed by atoms with E-state index in [9.17, 15) is 9.59 Å². The van der Waals surface area contributed by atoms with Gasteiger partial charge in [0.1, 0.15) is 12.3 Å². The molecule has 8 nitrogen and oxygen atoms in total. The summed E-state index contributed by atoms with van der Waals surface area (Å²) in [6.45, 7) is 1.71. The van der Waals surface area contributed by atoms with E-state index in [1.54, 1.807) is 42.2 Å². The molecule has 0 N–H and O–H groups in total. The lowest BCUT2D eigenvalue weighted by molar-refractivity contribution is 0.0470. The van der Waals surface area contributed by atoms with Crippen molar-refractivity contribution in [2.75, 3.05) is 0 Å². The van der Waals surface area contributed by atoms with E-state index in [0.29, 0.717) is 39.3 Å². The molecule has 1 aromatic carbocycles. The Kier molecular flexibility index (Phi) is 4.74. The normalized spacial score (nSPS) is 11.2. The van der Waals surface area contributed by atoms with Gasteiger partial charge in [0.25, 0.3) is 5.56 Å². The summed E-state index contributed by atoms with van der Waals surface area (Å²) in [5.41, 5.74) is 3.82. The van der Waals surface area contributed by atoms with Crippen molar-refractivity contribution < 1.29 is 9.53 Å². The van der Waals surface area contributed by atoms with Crippen molar-refractivity contribution in [3.63, 3.8) is 0 Å². The molecule has 8 heteroatoms. The van der Waals surface area contributed by atoms with Crippen molar-refractivity contribution >= 4 is 22.6 Å². The van der Waals surface area contributed by atoms with Crippen molar-refractivity contribution in [2.24, 2.45) is 7.05 Å². The molecule has 0 saturated heterocycles. The molecule has 0 aliphatic rings. The third-order valence-electron chi connectivity index (χ3n) is 5.23. The van der Waals surface area contributed by atoms with Gasteiger partial charge in [-0.05, 0) is 25.1 Å². The van der Waals surface area contributed by atoms with Crippen LogP contribution < -0.4 is 5.56 Å². The Bertz CT molecular complexity index is 1540. The lowest BCUT2D eigenvalue weighted by Crippen LogP contribution is -2.16. The van der Waals surface area contributed by atoms with Crippen molar-refractivity contribution in [1.82, 2.24) is 24.1 Å². The van der Waals surface area contributed by atoms with Crippen molar-refractivity contribution in [1.29, 1.82) is 0 Å². The summed E-state index contributed by atoms with van der Waals surface area (Å²) in [6.07, 6.45) is 1.64. The molecule has 0 aliphatic heterocycles. The second kappa shape index (κ2) is 7.73. The van der Waals surface area contributed by atoms with Gasteiger partial charge in [-0.3, -0.25) is 13.9 Å². The van der Waals surface area contributed by atoms with Gasteiger partial charge in [-0.25, -0.2) is 14.8 Å². The first-order valence-corrected chi connectivity index (χ1v) is 10.1. The summed E-state index contributed by atoms with van der Waals surface area (Å²) >= 11 is 0. The highest BCUT2D eigenvalue weighted by atomic mass is 16.5. The first-order valence-electron chi connectivity index (χ1n) is 10.1. The fourth-order valence-electron chi connectivity index (χ4n) is 3.76. The Labute approximate surface area is 182 Å². The molecule has 5 rings (SSSR count). The van der Waals surface area contributed by atoms with Crippen LogP contribution in [-0.2, 0) is 18.4 Å². The number of aryl methyl sites for hydroxylation is 2. The molecule has 0 bridgehead atoms. The van der Waals surface area contributed by atoms with Gasteiger partial charge >= 0.3 is 5.97 Å². The number of fused-ring (bicyclic) bond motifs is 2. The standard InChI is InChI=1S/C24H19N5O3/c1-15-22-18(13-19(16-8-4-3-5-9-16)26-23(22)28(2)27-15)24(31)32-14-17-12-21(30)29-11-7-6-10-20(29)25-17/h3-13H,14H2,1-2H3. The first kappa shape index (κ1) is 19.6. The first-order chi connectivity index (χ1) is 15.5. The summed E-state index contributed by atoms with van der Waals surface area (Å²) in [4.78, 5) is 34.5. The van der Waals surface area contributed by atoms with Crippen LogP contribution in [0.15, 0.2) is 71.7 Å². The summed E-state index contributed by atoms with van der Waals surface area (Å²) in [5, 5.41) is 5.06. The van der Waals surface area contributed by atoms with Crippen molar-refractivity contribution in [3.8, 4) is 11.3 Å². The number of pyridine rings is 2. The molecule has 0 spiro atoms. The predicted molar refractivity (Wildman–Crippen MR) is 119 cm³/mol. The highest BCUT2D eigenvalue weighted by Crippen LogP contribution is 2.27. The Morgan fingerprint density at radius 1 is 1.03 bits per heavy atom. The van der Waals surface area contributed by atoms with Crippen LogP contribution in [0, 0.1) is 6.92 Å². The van der Waals surface area contributed by atoms with Crippen LogP contribution in [0.4, 0.5) is 0 Å². The SMILES string of the molecule is Cc1nn(C)c2nc(-c3ccccc3)cc(C(=O)OCc3cc(=O)n4ccccc4n3)c12. The molecule has 4 heterocycles. The summed E-state index contributed by atoms with van der Waals surface area (Å²) in [7, 11) is 1.79. The zero-order valence-electron chi connectivity index (χ0n) is 17.5. The van der Waals surface area contributed by atoms with Crippen molar-refractivity contribution in [3.05, 3.63) is 94.2 Å². The molecular weight excluding hydrogens is 406 g/mol. The Hall–Kier alpha value is -4.33. The van der Waals surface area contributed by atoms with E-state index in [1.807, 2.05) is 37.3 Å². The van der Waals surface area contributed by atoms with Crippen molar-refractivity contribution in [2.45, 2.75) is 13.5 Å². The van der Waals surface area contributed by atoms with E-state index in [4.69, 9.17) is 9.72 Å². The van der Waals surface area contributed by atoms with Crippen LogP contribution in [0.1, 0.15) is 21.7 Å². The van der Waals surface area contributed by atoms with Gasteiger partial charge < -0.3 is 4.74 Å². The molecule has 0 aliphatic carbocycles. The molecule has 158 valence electrons. The molecule has 32 heavy (non-hydrogen) atoms. The minimum absolute atomic E-state index is 0.122. The monoisotopic (exact) mass is 425 g/mol. The quantitative estimate of drug-likeness (QED) is 0.410. The molecule has 5 aromatic rings. The van der Waals surface area contributed by atoms with E-state index >= 15 is 0 Å². The number of carbonyl (C=O) groups excluding carboxylic acids is 1. The predicted octanol–water partition coefficient (Wildman–Crippen LogP) is 3.31. The van der Waals surface area contributed by atoms with E-state index in [-0.39, 0.29) is 12.2 Å². The largest absolute Gasteiger partial charge is 0.456 e. The number of hydrogen-bond donors (Lipinski definition) is 0. The van der Waals surface area contributed by atoms with Crippen LogP contribution >= 0.6 is 0 Å². The molecular formula is C24H19N5O3. The Morgan fingerprint density at radius 2 is 1.81 bits per heavy atom. The van der Waals surface area contributed by atoms with Gasteiger partial charge in [0.05, 0.1) is 28.0 Å². The average molecular weight is 425 g/mol. The van der Waals surface area contributed by atoms with E-state index in [1.165, 1.54) is 10.5 Å². The highest BCUT2D eigenvalue weighted by molar-refractivity contribution is 6.05. The molecule has 0 saturated carbocycles. The molecule has 0 amide bonds. The number of benzene rings is 1. The fourth-order valence-corrected chi connectivity index (χ4v) is 3.76. The summed E-state index contributed by atoms with van der Waals surface area (Å²) in [5.74, 6) is -0.527. The van der Waals surface area contributed by atoms with Crippen LogP contribution in [-0.4, -0.2) is 30.1 Å². The number of nitrogens with zero attached hydrogens (tertiary/aromatic N) is 5. The topological polar surface area (TPSA) is 91.4 Å². The minimum Gasteiger partial charge on any atom is -0.456 e. The summed E-state index contributed by atoms with van der Waals surface area (Å²) < 4.78 is 8.65. The molecule has 0 radical (unpaired) electrons. The molecule has 0 atom stereocenters. The van der Waals surface area contributed by atoms with Gasteiger partial charge in [-0.1, -0.05) is 36.4 Å². The number of rotatable bonds is 4. The highest BCUT2D eigenvalue weighted by Gasteiger charge is 2.20. The number of ether oxygens (including phenoxy) is 1. The maximum atomic E-state index is 13.1. The maximum Gasteiger partial charge on any atom is 0.339 e. The third kappa shape index (κ3) is 3.41. The average Bonchev–Trinajstić information content (AvgIpc) is 3.11. The van der Waals surface area contributed by atoms with E-state index in [2.05, 4.69) is 10.1 Å². The fraction of sp³-hybridized carbons (Fsp3) is 0.125. The lowest BCUT2D eigenvalue weighted by atomic mass is 10.1. The Balaban J connectivity index is 1.52. The van der Waals surface area contributed by atoms with Gasteiger partial charge in [0, 0.05) is 24.9 Å². The molecule has 0 fully saturated rings. The minimum atomic E-state index is -0.527. The van der Waals surface area contributed by atoms with Crippen LogP contribution in [0.5, 0.6) is 0 Å². The van der Waals surface area contributed by atoms with Gasteiger partial charge in [0.15, 0.2) is 5.65 Å². The third-order valence-corrected chi connectivity index (χ3v) is 5.23. The summed E-state index contributed by atoms with van der Waals surface area (Å²) in [6, 6.07) is 18.0. The smallest absolute Gasteiger partial charge is 0.339 e. The second-order valence-electron chi connectivity index (χ2n) is 7.42. The number of carbonyl (C=O) groups is 1. The van der Waals surface area contributed by atoms with Gasteiger partial charge in [-0.15, -0.1) is 0 Å². The second-order valence-corrected chi connectivity index (χ2v) is 7.42. The maximum absolute atomic E-state index is 13.1. The van der Waals surface area contributed by atoms with Crippen LogP contribution in [0.2, 0.25) is 0 Å². The van der Waals surface area contributed by atoms with Gasteiger partial charge in [-0.2, -0.15) is 5.10 Å². The lowest BCUT2D eigenvalue weighted by Gasteiger charge is -2.09. The van der Waals surface area contributed by atoms with Crippen LogP contribution in [0.3, 0.4) is 0 Å². The number of hydrogen-bond acceptors (Lipinski definition) is 6. The number of esters is 1. The molecule has 4 aromatic heterocycles. The zero-order valence-corrected chi connectivity index (χ0v) is 17.5. The number of aromatic nitrogens is 5. The molecule has 0 unspecified atom stereocenters. The van der Waals surface area contributed by atoms with Gasteiger partial charge in [0.2, 0.25) is 0 Å². The van der Waals surface area contributed by atoms with Crippen LogP contribution in [0.25, 0.3) is 27.9 Å². The zero-order chi connectivity index (χ0) is 22.2. The van der Waals surface area contributed by atoms with E-state index < -0.39 is 5.97 Å². The van der Waals surface area contributed by atoms with E-state index in [0.717, 1.165) is 5.56 Å².